The van der Waals surface area contributed by atoms with Gasteiger partial charge in [0.15, 0.2) is 0 Å². The molecule has 6 nitrogen and oxygen atoms in total. The van der Waals surface area contributed by atoms with Crippen LogP contribution in [-0.2, 0) is 19.1 Å². The van der Waals surface area contributed by atoms with Crippen molar-refractivity contribution >= 4 is 23.1 Å². The molecule has 0 unspecified atom stereocenters. The van der Waals surface area contributed by atoms with Gasteiger partial charge < -0.3 is 14.4 Å². The lowest BCUT2D eigenvalue weighted by molar-refractivity contribution is -0.120. The van der Waals surface area contributed by atoms with Gasteiger partial charge in [0.05, 0.1) is 24.5 Å². The number of ether oxygens (including phenoxy) is 2. The predicted molar refractivity (Wildman–Crippen MR) is 117 cm³/mol. The van der Waals surface area contributed by atoms with Crippen LogP contribution in [-0.4, -0.2) is 57.2 Å². The summed E-state index contributed by atoms with van der Waals surface area (Å²) in [6.07, 6.45) is 0. The molecule has 0 N–H and O–H groups in total. The Bertz CT molecular complexity index is 925. The lowest BCUT2D eigenvalue weighted by atomic mass is 10.0. The van der Waals surface area contributed by atoms with Crippen LogP contribution < -0.4 is 4.90 Å². The Morgan fingerprint density at radius 1 is 0.833 bits per heavy atom. The van der Waals surface area contributed by atoms with Gasteiger partial charge in [-0.05, 0) is 42.7 Å². The largest absolute Gasteiger partial charge is 0.383 e. The molecule has 1 heterocycles. The SMILES string of the molecule is COCCN(CCOC)C1=C(c2ccccc2)C(=O)N(c2cc(C)cc(C)c2)C1=O. The molecule has 6 heteroatoms. The maximum Gasteiger partial charge on any atom is 0.282 e. The third-order valence-electron chi connectivity index (χ3n) is 5.03. The van der Waals surface area contributed by atoms with Crippen LogP contribution in [0.1, 0.15) is 16.7 Å². The molecule has 0 saturated heterocycles. The average molecular weight is 408 g/mol. The average Bonchev–Trinajstić information content (AvgIpc) is 2.98. The highest BCUT2D eigenvalue weighted by atomic mass is 16.5. The summed E-state index contributed by atoms with van der Waals surface area (Å²) in [6.45, 7) is 5.73. The van der Waals surface area contributed by atoms with Gasteiger partial charge in [0.2, 0.25) is 0 Å². The van der Waals surface area contributed by atoms with Crippen LogP contribution in [0.15, 0.2) is 54.2 Å². The zero-order valence-corrected chi connectivity index (χ0v) is 18.0. The summed E-state index contributed by atoms with van der Waals surface area (Å²) in [5, 5.41) is 0. The van der Waals surface area contributed by atoms with Gasteiger partial charge in [-0.15, -0.1) is 0 Å². The minimum atomic E-state index is -0.323. The van der Waals surface area contributed by atoms with Crippen LogP contribution in [0.3, 0.4) is 0 Å². The maximum atomic E-state index is 13.6. The van der Waals surface area contributed by atoms with Crippen LogP contribution in [0, 0.1) is 13.8 Å². The number of imide groups is 1. The molecule has 2 aromatic carbocycles. The lowest BCUT2D eigenvalue weighted by Gasteiger charge is -2.25. The molecule has 0 bridgehead atoms. The normalized spacial score (nSPS) is 14.1. The Labute approximate surface area is 177 Å². The van der Waals surface area contributed by atoms with Gasteiger partial charge in [-0.3, -0.25) is 9.59 Å². The predicted octanol–water partition coefficient (Wildman–Crippen LogP) is 3.18. The van der Waals surface area contributed by atoms with Crippen molar-refractivity contribution in [3.05, 3.63) is 70.9 Å². The number of amides is 2. The Balaban J connectivity index is 2.12. The van der Waals surface area contributed by atoms with Gasteiger partial charge in [-0.25, -0.2) is 4.90 Å². The van der Waals surface area contributed by atoms with Crippen molar-refractivity contribution in [3.8, 4) is 0 Å². The molecule has 2 amide bonds. The highest BCUT2D eigenvalue weighted by molar-refractivity contribution is 6.45. The quantitative estimate of drug-likeness (QED) is 0.597. The number of methoxy groups -OCH3 is 2. The number of carbonyl (C=O) groups excluding carboxylic acids is 2. The van der Waals surface area contributed by atoms with Gasteiger partial charge in [-0.2, -0.15) is 0 Å². The fraction of sp³-hybridized carbons (Fsp3) is 0.333. The number of hydrogen-bond donors (Lipinski definition) is 0. The fourth-order valence-electron chi connectivity index (χ4n) is 3.73. The van der Waals surface area contributed by atoms with Crippen molar-refractivity contribution in [1.29, 1.82) is 0 Å². The topological polar surface area (TPSA) is 59.1 Å². The molecule has 2 aromatic rings. The van der Waals surface area contributed by atoms with Crippen LogP contribution in [0.25, 0.3) is 5.57 Å². The Kier molecular flexibility index (Phi) is 7.03. The number of hydrogen-bond acceptors (Lipinski definition) is 5. The van der Waals surface area contributed by atoms with Crippen molar-refractivity contribution < 1.29 is 19.1 Å². The molecule has 0 fully saturated rings. The van der Waals surface area contributed by atoms with Crippen molar-refractivity contribution in [2.24, 2.45) is 0 Å². The maximum absolute atomic E-state index is 13.6. The molecular formula is C24H28N2O4. The first kappa shape index (κ1) is 21.7. The van der Waals surface area contributed by atoms with E-state index in [-0.39, 0.29) is 11.8 Å². The summed E-state index contributed by atoms with van der Waals surface area (Å²) in [5.41, 5.74) is 4.10. The molecule has 3 rings (SSSR count). The number of nitrogens with zero attached hydrogens (tertiary/aromatic N) is 2. The molecule has 0 atom stereocenters. The van der Waals surface area contributed by atoms with Gasteiger partial charge >= 0.3 is 0 Å². The molecule has 0 saturated carbocycles. The minimum Gasteiger partial charge on any atom is -0.383 e. The van der Waals surface area contributed by atoms with Gasteiger partial charge in [-0.1, -0.05) is 36.4 Å². The summed E-state index contributed by atoms with van der Waals surface area (Å²) in [7, 11) is 3.23. The van der Waals surface area contributed by atoms with E-state index in [2.05, 4.69) is 0 Å². The molecule has 0 radical (unpaired) electrons. The van der Waals surface area contributed by atoms with Gasteiger partial charge in [0, 0.05) is 27.3 Å². The highest BCUT2D eigenvalue weighted by Crippen LogP contribution is 2.35. The van der Waals surface area contributed by atoms with E-state index >= 15 is 0 Å². The van der Waals surface area contributed by atoms with Crippen molar-refractivity contribution in [1.82, 2.24) is 4.90 Å². The second kappa shape index (κ2) is 9.69. The second-order valence-corrected chi connectivity index (χ2v) is 7.35. The van der Waals surface area contributed by atoms with Gasteiger partial charge in [0.25, 0.3) is 11.8 Å². The minimum absolute atomic E-state index is 0.314. The van der Waals surface area contributed by atoms with E-state index in [0.29, 0.717) is 43.3 Å². The first-order valence-corrected chi connectivity index (χ1v) is 9.97. The summed E-state index contributed by atoms with van der Waals surface area (Å²) in [4.78, 5) is 30.3. The fourth-order valence-corrected chi connectivity index (χ4v) is 3.73. The standard InChI is InChI=1S/C24H28N2O4/c1-17-14-18(2)16-20(15-17)26-23(27)21(19-8-6-5-7-9-19)22(24(26)28)25(10-12-29-3)11-13-30-4/h5-9,14-16H,10-13H2,1-4H3. The first-order valence-electron chi connectivity index (χ1n) is 9.97. The molecule has 0 aliphatic carbocycles. The smallest absolute Gasteiger partial charge is 0.282 e. The Morgan fingerprint density at radius 2 is 1.40 bits per heavy atom. The number of anilines is 1. The molecule has 158 valence electrons. The third-order valence-corrected chi connectivity index (χ3v) is 5.03. The number of rotatable bonds is 9. The van der Waals surface area contributed by atoms with E-state index in [1.54, 1.807) is 14.2 Å². The van der Waals surface area contributed by atoms with Crippen molar-refractivity contribution in [3.63, 3.8) is 0 Å². The molecule has 1 aliphatic rings. The van der Waals surface area contributed by atoms with E-state index in [1.165, 1.54) is 4.90 Å². The Morgan fingerprint density at radius 3 is 1.93 bits per heavy atom. The number of carbonyl (C=O) groups is 2. The van der Waals surface area contributed by atoms with Crippen LogP contribution in [0.4, 0.5) is 5.69 Å². The zero-order chi connectivity index (χ0) is 21.7. The Hall–Kier alpha value is -2.96. The summed E-state index contributed by atoms with van der Waals surface area (Å²) >= 11 is 0. The second-order valence-electron chi connectivity index (χ2n) is 7.35. The zero-order valence-electron chi connectivity index (χ0n) is 18.0. The highest BCUT2D eigenvalue weighted by Gasteiger charge is 2.42. The summed E-state index contributed by atoms with van der Waals surface area (Å²) < 4.78 is 10.5. The van der Waals surface area contributed by atoms with E-state index in [9.17, 15) is 9.59 Å². The monoisotopic (exact) mass is 408 g/mol. The first-order chi connectivity index (χ1) is 14.5. The van der Waals surface area contributed by atoms with E-state index in [0.717, 1.165) is 16.7 Å². The van der Waals surface area contributed by atoms with E-state index < -0.39 is 0 Å². The van der Waals surface area contributed by atoms with E-state index in [1.807, 2.05) is 67.3 Å². The third kappa shape index (κ3) is 4.45. The summed E-state index contributed by atoms with van der Waals surface area (Å²) in [5.74, 6) is -0.637. The summed E-state index contributed by atoms with van der Waals surface area (Å²) in [6, 6.07) is 15.1. The number of aryl methyl sites for hydroxylation is 2. The lowest BCUT2D eigenvalue weighted by Crippen LogP contribution is -2.37. The van der Waals surface area contributed by atoms with Gasteiger partial charge in [0.1, 0.15) is 5.70 Å². The van der Waals surface area contributed by atoms with E-state index in [4.69, 9.17) is 9.47 Å². The van der Waals surface area contributed by atoms with Crippen LogP contribution in [0.2, 0.25) is 0 Å². The number of benzene rings is 2. The molecule has 0 aromatic heterocycles. The molecule has 0 spiro atoms. The van der Waals surface area contributed by atoms with Crippen molar-refractivity contribution in [2.75, 3.05) is 45.4 Å². The molecular weight excluding hydrogens is 380 g/mol. The van der Waals surface area contributed by atoms with Crippen LogP contribution in [0.5, 0.6) is 0 Å². The van der Waals surface area contributed by atoms with Crippen molar-refractivity contribution in [2.45, 2.75) is 13.8 Å². The molecule has 30 heavy (non-hydrogen) atoms. The van der Waals surface area contributed by atoms with Crippen LogP contribution >= 0.6 is 0 Å². The molecule has 1 aliphatic heterocycles.